The van der Waals surface area contributed by atoms with Crippen LogP contribution in [0.1, 0.15) is 32.3 Å². The molecule has 2 rings (SSSR count). The Morgan fingerprint density at radius 2 is 1.83 bits per heavy atom. The van der Waals surface area contributed by atoms with Crippen LogP contribution in [0.25, 0.3) is 0 Å². The molecule has 138 valence electrons. The summed E-state index contributed by atoms with van der Waals surface area (Å²) < 4.78 is 26.1. The Morgan fingerprint density at radius 1 is 1.25 bits per heavy atom. The second kappa shape index (κ2) is 9.51. The van der Waals surface area contributed by atoms with Crippen LogP contribution < -0.4 is 11.1 Å². The molecule has 0 aromatic heterocycles. The average molecular weight is 384 g/mol. The smallest absolute Gasteiger partial charge is 0.239 e. The van der Waals surface area contributed by atoms with Gasteiger partial charge in [0, 0.05) is 25.7 Å². The number of hydrogen-bond donors (Lipinski definition) is 2. The van der Waals surface area contributed by atoms with Gasteiger partial charge in [0.15, 0.2) is 11.6 Å². The molecule has 0 bridgehead atoms. The summed E-state index contributed by atoms with van der Waals surface area (Å²) in [6, 6.07) is 4.11. The fraction of sp³-hybridized carbons (Fsp3) is 0.562. The molecule has 0 spiro atoms. The van der Waals surface area contributed by atoms with Gasteiger partial charge >= 0.3 is 0 Å². The normalized spacial score (nSPS) is 16.0. The lowest BCUT2D eigenvalue weighted by Gasteiger charge is -2.33. The monoisotopic (exact) mass is 383 g/mol. The molecule has 1 heterocycles. The Labute approximate surface area is 154 Å². The lowest BCUT2D eigenvalue weighted by molar-refractivity contribution is -0.126. The molecule has 1 fully saturated rings. The highest BCUT2D eigenvalue weighted by Gasteiger charge is 2.26. The van der Waals surface area contributed by atoms with E-state index < -0.39 is 17.2 Å². The first-order valence-electron chi connectivity index (χ1n) is 7.52. The fourth-order valence-corrected chi connectivity index (χ4v) is 2.50. The van der Waals surface area contributed by atoms with E-state index in [0.29, 0.717) is 6.54 Å². The van der Waals surface area contributed by atoms with E-state index in [9.17, 15) is 13.6 Å². The predicted octanol–water partition coefficient (Wildman–Crippen LogP) is 2.63. The molecule has 1 aliphatic heterocycles. The third kappa shape index (κ3) is 6.51. The number of rotatable bonds is 4. The standard InChI is InChI=1S/C16H23F2N3O.2ClH/c1-16(2,19)15(22)20-12-5-7-21(8-6-12)10-11-3-4-13(17)14(18)9-11;;/h3-4,9,12H,5-8,10,19H2,1-2H3,(H,20,22);2*1H. The Balaban J connectivity index is 0.00000264. The van der Waals surface area contributed by atoms with E-state index in [1.807, 2.05) is 0 Å². The number of likely N-dealkylation sites (tertiary alicyclic amines) is 1. The minimum Gasteiger partial charge on any atom is -0.352 e. The van der Waals surface area contributed by atoms with Gasteiger partial charge in [-0.2, -0.15) is 0 Å². The lowest BCUT2D eigenvalue weighted by atomic mass is 10.0. The summed E-state index contributed by atoms with van der Waals surface area (Å²) in [4.78, 5) is 14.0. The Kier molecular flexibility index (Phi) is 9.14. The highest BCUT2D eigenvalue weighted by molar-refractivity contribution is 5.86. The lowest BCUT2D eigenvalue weighted by Crippen LogP contribution is -2.54. The predicted molar refractivity (Wildman–Crippen MR) is 95.6 cm³/mol. The first-order chi connectivity index (χ1) is 10.3. The van der Waals surface area contributed by atoms with E-state index in [1.165, 1.54) is 6.07 Å². The number of hydrogen-bond acceptors (Lipinski definition) is 3. The molecule has 4 nitrogen and oxygen atoms in total. The van der Waals surface area contributed by atoms with E-state index >= 15 is 0 Å². The van der Waals surface area contributed by atoms with Gasteiger partial charge in [-0.3, -0.25) is 9.69 Å². The summed E-state index contributed by atoms with van der Waals surface area (Å²) in [7, 11) is 0. The van der Waals surface area contributed by atoms with Crippen molar-refractivity contribution in [1.29, 1.82) is 0 Å². The van der Waals surface area contributed by atoms with Crippen molar-refractivity contribution in [3.63, 3.8) is 0 Å². The van der Waals surface area contributed by atoms with E-state index in [4.69, 9.17) is 5.73 Å². The van der Waals surface area contributed by atoms with Gasteiger partial charge in [0.2, 0.25) is 5.91 Å². The van der Waals surface area contributed by atoms with Crippen LogP contribution in [-0.4, -0.2) is 35.5 Å². The largest absolute Gasteiger partial charge is 0.352 e. The number of nitrogens with one attached hydrogen (secondary N) is 1. The molecule has 1 aromatic carbocycles. The summed E-state index contributed by atoms with van der Waals surface area (Å²) in [5, 5.41) is 2.96. The van der Waals surface area contributed by atoms with Gasteiger partial charge in [0.25, 0.3) is 0 Å². The van der Waals surface area contributed by atoms with Crippen molar-refractivity contribution >= 4 is 30.7 Å². The van der Waals surface area contributed by atoms with Crippen LogP contribution in [0.4, 0.5) is 8.78 Å². The van der Waals surface area contributed by atoms with Crippen LogP contribution in [0.2, 0.25) is 0 Å². The number of carbonyl (C=O) groups is 1. The fourth-order valence-electron chi connectivity index (χ4n) is 2.50. The number of nitrogens with zero attached hydrogens (tertiary/aromatic N) is 1. The minimum atomic E-state index is -0.872. The van der Waals surface area contributed by atoms with Crippen LogP contribution in [0.3, 0.4) is 0 Å². The van der Waals surface area contributed by atoms with Crippen LogP contribution >= 0.6 is 24.8 Å². The zero-order valence-corrected chi connectivity index (χ0v) is 15.5. The van der Waals surface area contributed by atoms with Gasteiger partial charge in [-0.1, -0.05) is 6.07 Å². The minimum absolute atomic E-state index is 0. The molecule has 1 amide bonds. The number of nitrogens with two attached hydrogens (primary N) is 1. The Bertz CT molecular complexity index is 545. The van der Waals surface area contributed by atoms with Gasteiger partial charge in [-0.25, -0.2) is 8.78 Å². The van der Waals surface area contributed by atoms with Gasteiger partial charge in [0.05, 0.1) is 5.54 Å². The van der Waals surface area contributed by atoms with E-state index in [0.717, 1.165) is 37.6 Å². The first-order valence-corrected chi connectivity index (χ1v) is 7.52. The molecule has 8 heteroatoms. The Morgan fingerprint density at radius 3 is 2.33 bits per heavy atom. The van der Waals surface area contributed by atoms with Crippen LogP contribution in [0, 0.1) is 11.6 Å². The summed E-state index contributed by atoms with van der Waals surface area (Å²) >= 11 is 0. The van der Waals surface area contributed by atoms with Crippen molar-refractivity contribution in [3.05, 3.63) is 35.4 Å². The number of carbonyl (C=O) groups excluding carboxylic acids is 1. The molecule has 0 unspecified atom stereocenters. The topological polar surface area (TPSA) is 58.4 Å². The molecule has 1 aromatic rings. The third-order valence-corrected chi connectivity index (χ3v) is 3.90. The summed E-state index contributed by atoms with van der Waals surface area (Å²) in [6.45, 7) is 5.55. The maximum atomic E-state index is 13.2. The number of benzene rings is 1. The molecular weight excluding hydrogens is 359 g/mol. The number of halogens is 4. The highest BCUT2D eigenvalue weighted by Crippen LogP contribution is 2.16. The van der Waals surface area contributed by atoms with Gasteiger partial charge < -0.3 is 11.1 Å². The van der Waals surface area contributed by atoms with Crippen LogP contribution in [0.15, 0.2) is 18.2 Å². The van der Waals surface area contributed by atoms with E-state index in [2.05, 4.69) is 10.2 Å². The molecule has 3 N–H and O–H groups in total. The number of piperidine rings is 1. The van der Waals surface area contributed by atoms with Crippen molar-refractivity contribution < 1.29 is 13.6 Å². The van der Waals surface area contributed by atoms with Crippen molar-refractivity contribution in [3.8, 4) is 0 Å². The van der Waals surface area contributed by atoms with Crippen LogP contribution in [0.5, 0.6) is 0 Å². The van der Waals surface area contributed by atoms with Gasteiger partial charge in [-0.05, 0) is 44.4 Å². The van der Waals surface area contributed by atoms with E-state index in [-0.39, 0.29) is 36.8 Å². The van der Waals surface area contributed by atoms with Crippen molar-refractivity contribution in [1.82, 2.24) is 10.2 Å². The SMILES string of the molecule is CC(C)(N)C(=O)NC1CCN(Cc2ccc(F)c(F)c2)CC1.Cl.Cl. The Hall–Kier alpha value is -0.950. The quantitative estimate of drug-likeness (QED) is 0.839. The van der Waals surface area contributed by atoms with Crippen molar-refractivity contribution in [2.24, 2.45) is 5.73 Å². The second-order valence-electron chi connectivity index (χ2n) is 6.49. The molecule has 0 atom stereocenters. The maximum absolute atomic E-state index is 13.2. The van der Waals surface area contributed by atoms with Crippen molar-refractivity contribution in [2.45, 2.75) is 44.8 Å². The molecular formula is C16H25Cl2F2N3O. The zero-order valence-electron chi connectivity index (χ0n) is 13.9. The first kappa shape index (κ1) is 23.1. The summed E-state index contributed by atoms with van der Waals surface area (Å²) in [5.74, 6) is -1.79. The van der Waals surface area contributed by atoms with Gasteiger partial charge in [0.1, 0.15) is 0 Å². The molecule has 1 aliphatic rings. The third-order valence-electron chi connectivity index (χ3n) is 3.90. The van der Waals surface area contributed by atoms with Crippen molar-refractivity contribution in [2.75, 3.05) is 13.1 Å². The highest BCUT2D eigenvalue weighted by atomic mass is 35.5. The zero-order chi connectivity index (χ0) is 16.3. The second-order valence-corrected chi connectivity index (χ2v) is 6.49. The van der Waals surface area contributed by atoms with Crippen LogP contribution in [-0.2, 0) is 11.3 Å². The van der Waals surface area contributed by atoms with Gasteiger partial charge in [-0.15, -0.1) is 24.8 Å². The molecule has 0 radical (unpaired) electrons. The molecule has 0 saturated carbocycles. The maximum Gasteiger partial charge on any atom is 0.239 e. The summed E-state index contributed by atoms with van der Waals surface area (Å²) in [5.41, 5.74) is 5.65. The average Bonchev–Trinajstić information content (AvgIpc) is 2.44. The molecule has 24 heavy (non-hydrogen) atoms. The molecule has 1 saturated heterocycles. The van der Waals surface area contributed by atoms with E-state index in [1.54, 1.807) is 19.9 Å². The molecule has 0 aliphatic carbocycles. The number of amides is 1. The summed E-state index contributed by atoms with van der Waals surface area (Å²) in [6.07, 6.45) is 1.65.